The standard InChI is InChI=1S/C13H14O3S/c1-16-13(14)10-6-3-7-11-17(15)12-8-4-2-5-9-12/h2,4-11H,3H2,1H3. The molecule has 0 N–H and O–H groups in total. The fourth-order valence-corrected chi connectivity index (χ4v) is 1.96. The third-order valence-corrected chi connectivity index (χ3v) is 3.10. The monoisotopic (exact) mass is 250 g/mol. The van der Waals surface area contributed by atoms with Gasteiger partial charge in [-0.05, 0) is 18.6 Å². The summed E-state index contributed by atoms with van der Waals surface area (Å²) in [4.78, 5) is 11.5. The Balaban J connectivity index is 2.42. The van der Waals surface area contributed by atoms with Crippen molar-refractivity contribution in [1.82, 2.24) is 0 Å². The van der Waals surface area contributed by atoms with Crippen molar-refractivity contribution in [2.45, 2.75) is 11.3 Å². The van der Waals surface area contributed by atoms with E-state index in [9.17, 15) is 9.00 Å². The number of methoxy groups -OCH3 is 1. The lowest BCUT2D eigenvalue weighted by Crippen LogP contribution is -1.92. The molecule has 0 bridgehead atoms. The van der Waals surface area contributed by atoms with Gasteiger partial charge in [-0.2, -0.15) is 0 Å². The molecule has 0 saturated carbocycles. The number of ether oxygens (including phenoxy) is 1. The lowest BCUT2D eigenvalue weighted by atomic mass is 10.4. The van der Waals surface area contributed by atoms with Gasteiger partial charge in [0.2, 0.25) is 0 Å². The first kappa shape index (κ1) is 13.4. The summed E-state index contributed by atoms with van der Waals surface area (Å²) >= 11 is 0. The molecule has 1 atom stereocenters. The van der Waals surface area contributed by atoms with E-state index in [1.54, 1.807) is 17.6 Å². The minimum Gasteiger partial charge on any atom is -0.466 e. The van der Waals surface area contributed by atoms with Gasteiger partial charge in [-0.15, -0.1) is 0 Å². The van der Waals surface area contributed by atoms with E-state index in [0.29, 0.717) is 6.42 Å². The minimum atomic E-state index is -1.13. The van der Waals surface area contributed by atoms with Crippen molar-refractivity contribution in [2.75, 3.05) is 7.11 Å². The van der Waals surface area contributed by atoms with Crippen LogP contribution in [0.4, 0.5) is 0 Å². The van der Waals surface area contributed by atoms with Crippen molar-refractivity contribution in [2.24, 2.45) is 0 Å². The first-order valence-corrected chi connectivity index (χ1v) is 6.32. The zero-order valence-corrected chi connectivity index (χ0v) is 10.4. The third kappa shape index (κ3) is 5.26. The first-order valence-electron chi connectivity index (χ1n) is 5.11. The number of rotatable bonds is 5. The molecule has 1 aromatic carbocycles. The predicted octanol–water partition coefficient (Wildman–Crippen LogP) is 2.43. The summed E-state index contributed by atoms with van der Waals surface area (Å²) < 4.78 is 16.1. The Labute approximate surface area is 103 Å². The van der Waals surface area contributed by atoms with Crippen LogP contribution < -0.4 is 0 Å². The van der Waals surface area contributed by atoms with E-state index < -0.39 is 10.8 Å². The van der Waals surface area contributed by atoms with Gasteiger partial charge in [-0.25, -0.2) is 9.00 Å². The molecule has 17 heavy (non-hydrogen) atoms. The van der Waals surface area contributed by atoms with Crippen molar-refractivity contribution in [1.29, 1.82) is 0 Å². The molecule has 90 valence electrons. The number of benzene rings is 1. The molecule has 3 nitrogen and oxygen atoms in total. The second-order valence-corrected chi connectivity index (χ2v) is 4.48. The quantitative estimate of drug-likeness (QED) is 0.595. The van der Waals surface area contributed by atoms with E-state index in [0.717, 1.165) is 4.90 Å². The third-order valence-electron chi connectivity index (χ3n) is 1.92. The maximum atomic E-state index is 11.7. The Bertz CT molecular complexity index is 435. The van der Waals surface area contributed by atoms with Crippen LogP contribution in [0.15, 0.2) is 58.9 Å². The normalized spacial score (nSPS) is 13.0. The molecule has 1 rings (SSSR count). The van der Waals surface area contributed by atoms with Gasteiger partial charge in [0.15, 0.2) is 0 Å². The van der Waals surface area contributed by atoms with Gasteiger partial charge < -0.3 is 4.74 Å². The van der Waals surface area contributed by atoms with E-state index >= 15 is 0 Å². The summed E-state index contributed by atoms with van der Waals surface area (Å²) in [6, 6.07) is 9.19. The Morgan fingerprint density at radius 1 is 1.29 bits per heavy atom. The Hall–Kier alpha value is -1.68. The number of hydrogen-bond donors (Lipinski definition) is 0. The predicted molar refractivity (Wildman–Crippen MR) is 67.8 cm³/mol. The fraction of sp³-hybridized carbons (Fsp3) is 0.154. The Morgan fingerprint density at radius 2 is 2.00 bits per heavy atom. The minimum absolute atomic E-state index is 0.386. The number of esters is 1. The van der Waals surface area contributed by atoms with Gasteiger partial charge in [0.05, 0.1) is 17.9 Å². The van der Waals surface area contributed by atoms with Crippen LogP contribution in [-0.4, -0.2) is 17.3 Å². The molecule has 0 spiro atoms. The average molecular weight is 250 g/mol. The summed E-state index contributed by atoms with van der Waals surface area (Å²) in [5, 5.41) is 1.61. The van der Waals surface area contributed by atoms with Crippen molar-refractivity contribution in [3.05, 3.63) is 54.0 Å². The van der Waals surface area contributed by atoms with Crippen LogP contribution in [0.1, 0.15) is 6.42 Å². The summed E-state index contributed by atoms with van der Waals surface area (Å²) in [6.45, 7) is 0. The van der Waals surface area contributed by atoms with Gasteiger partial charge in [-0.3, -0.25) is 0 Å². The lowest BCUT2D eigenvalue weighted by molar-refractivity contribution is -0.134. The zero-order chi connectivity index (χ0) is 12.5. The van der Waals surface area contributed by atoms with Crippen molar-refractivity contribution in [3.8, 4) is 0 Å². The smallest absolute Gasteiger partial charge is 0.330 e. The average Bonchev–Trinajstić information content (AvgIpc) is 2.38. The van der Waals surface area contributed by atoms with Crippen LogP contribution in [0.2, 0.25) is 0 Å². The van der Waals surface area contributed by atoms with Crippen molar-refractivity contribution < 1.29 is 13.7 Å². The Morgan fingerprint density at radius 3 is 2.65 bits per heavy atom. The molecule has 1 aromatic rings. The highest BCUT2D eigenvalue weighted by Gasteiger charge is 1.96. The van der Waals surface area contributed by atoms with Crippen LogP contribution in [0.5, 0.6) is 0 Å². The molecular weight excluding hydrogens is 236 g/mol. The molecule has 0 radical (unpaired) electrons. The van der Waals surface area contributed by atoms with Crippen LogP contribution in [-0.2, 0) is 20.3 Å². The topological polar surface area (TPSA) is 43.4 Å². The van der Waals surface area contributed by atoms with E-state index in [2.05, 4.69) is 4.74 Å². The van der Waals surface area contributed by atoms with Crippen molar-refractivity contribution >= 4 is 16.8 Å². The maximum Gasteiger partial charge on any atom is 0.330 e. The van der Waals surface area contributed by atoms with Crippen LogP contribution in [0.25, 0.3) is 0 Å². The van der Waals surface area contributed by atoms with E-state index in [-0.39, 0.29) is 5.97 Å². The molecule has 0 amide bonds. The molecule has 0 aliphatic heterocycles. The van der Waals surface area contributed by atoms with E-state index in [1.165, 1.54) is 13.2 Å². The van der Waals surface area contributed by atoms with Crippen LogP contribution >= 0.6 is 0 Å². The summed E-state index contributed by atoms with van der Waals surface area (Å²) in [7, 11) is 0.196. The number of carbonyl (C=O) groups is 1. The molecule has 4 heteroatoms. The van der Waals surface area contributed by atoms with Crippen LogP contribution in [0.3, 0.4) is 0 Å². The molecule has 0 aliphatic rings. The second kappa shape index (κ2) is 7.57. The molecule has 0 heterocycles. The SMILES string of the molecule is COC(=O)C=CCC=CS(=O)c1ccccc1. The highest BCUT2D eigenvalue weighted by Crippen LogP contribution is 2.06. The summed E-state index contributed by atoms with van der Waals surface area (Å²) in [5.41, 5.74) is 0. The number of hydrogen-bond acceptors (Lipinski definition) is 3. The van der Waals surface area contributed by atoms with E-state index in [4.69, 9.17) is 0 Å². The molecule has 0 aliphatic carbocycles. The zero-order valence-electron chi connectivity index (χ0n) is 9.54. The molecule has 0 fully saturated rings. The van der Waals surface area contributed by atoms with Crippen LogP contribution in [0, 0.1) is 0 Å². The lowest BCUT2D eigenvalue weighted by Gasteiger charge is -1.94. The molecular formula is C13H14O3S. The molecule has 0 saturated heterocycles. The van der Waals surface area contributed by atoms with Gasteiger partial charge in [0.1, 0.15) is 0 Å². The number of carbonyl (C=O) groups excluding carboxylic acids is 1. The highest BCUT2D eigenvalue weighted by molar-refractivity contribution is 7.88. The Kier molecular flexibility index (Phi) is 5.96. The molecule has 0 aromatic heterocycles. The van der Waals surface area contributed by atoms with Gasteiger partial charge in [-0.1, -0.05) is 30.4 Å². The first-order chi connectivity index (χ1) is 8.24. The number of allylic oxidation sites excluding steroid dienone is 2. The fourth-order valence-electron chi connectivity index (χ4n) is 1.09. The molecule has 1 unspecified atom stereocenters. The largest absolute Gasteiger partial charge is 0.466 e. The van der Waals surface area contributed by atoms with E-state index in [1.807, 2.05) is 30.3 Å². The van der Waals surface area contributed by atoms with Gasteiger partial charge >= 0.3 is 5.97 Å². The van der Waals surface area contributed by atoms with Gasteiger partial charge in [0, 0.05) is 16.4 Å². The maximum absolute atomic E-state index is 11.7. The summed E-state index contributed by atoms with van der Waals surface area (Å²) in [6.07, 6.45) is 5.30. The highest BCUT2D eigenvalue weighted by atomic mass is 32.2. The van der Waals surface area contributed by atoms with Crippen molar-refractivity contribution in [3.63, 3.8) is 0 Å². The van der Waals surface area contributed by atoms with Gasteiger partial charge in [0.25, 0.3) is 0 Å². The summed E-state index contributed by atoms with van der Waals surface area (Å²) in [5.74, 6) is -0.386. The second-order valence-electron chi connectivity index (χ2n) is 3.14.